The summed E-state index contributed by atoms with van der Waals surface area (Å²) in [5, 5.41) is 5.45. The summed E-state index contributed by atoms with van der Waals surface area (Å²) in [6.45, 7) is 2.21. The Labute approximate surface area is 156 Å². The number of hydrogen-bond donors (Lipinski definition) is 0. The molecule has 0 amide bonds. The molecule has 0 atom stereocenters. The van der Waals surface area contributed by atoms with E-state index in [9.17, 15) is 18.0 Å². The van der Waals surface area contributed by atoms with Gasteiger partial charge in [-0.1, -0.05) is 6.42 Å². The topological polar surface area (TPSA) is 44.1 Å². The van der Waals surface area contributed by atoms with Crippen LogP contribution in [0.25, 0.3) is 10.9 Å². The standard InChI is InChI=1S/C18H21F3N2O2.ClH/c1-12-8-16-14(11-23(22-16)10-13-4-2-5-13)9-15(12)17(24)6-3-7-25-18(19,20)21;/h8-9,11,13H,2-7,10H2,1H3;1H. The van der Waals surface area contributed by atoms with Gasteiger partial charge in [-0.2, -0.15) is 5.10 Å². The van der Waals surface area contributed by atoms with Crippen molar-refractivity contribution in [2.45, 2.75) is 51.9 Å². The van der Waals surface area contributed by atoms with Crippen LogP contribution in [0.15, 0.2) is 18.3 Å². The first kappa shape index (κ1) is 20.7. The molecule has 144 valence electrons. The Balaban J connectivity index is 0.00000243. The minimum Gasteiger partial charge on any atom is -0.294 e. The molecule has 1 aromatic carbocycles. The van der Waals surface area contributed by atoms with Crippen molar-refractivity contribution in [2.75, 3.05) is 6.61 Å². The van der Waals surface area contributed by atoms with Gasteiger partial charge in [0, 0.05) is 30.1 Å². The number of benzene rings is 1. The summed E-state index contributed by atoms with van der Waals surface area (Å²) >= 11 is 0. The molecular formula is C18H22ClF3N2O2. The molecule has 1 fully saturated rings. The first-order chi connectivity index (χ1) is 11.8. The van der Waals surface area contributed by atoms with Gasteiger partial charge >= 0.3 is 6.36 Å². The molecule has 4 nitrogen and oxygen atoms in total. The Morgan fingerprint density at radius 1 is 1.35 bits per heavy atom. The predicted molar refractivity (Wildman–Crippen MR) is 94.6 cm³/mol. The van der Waals surface area contributed by atoms with E-state index in [0.29, 0.717) is 11.5 Å². The molecule has 26 heavy (non-hydrogen) atoms. The summed E-state index contributed by atoms with van der Waals surface area (Å²) in [4.78, 5) is 12.3. The van der Waals surface area contributed by atoms with E-state index in [2.05, 4.69) is 9.84 Å². The van der Waals surface area contributed by atoms with Crippen LogP contribution >= 0.6 is 12.4 Å². The summed E-state index contributed by atoms with van der Waals surface area (Å²) in [6.07, 6.45) is 1.11. The normalized spacial score (nSPS) is 14.9. The summed E-state index contributed by atoms with van der Waals surface area (Å²) < 4.78 is 41.5. The van der Waals surface area contributed by atoms with Crippen LogP contribution in [-0.2, 0) is 11.3 Å². The maximum atomic E-state index is 12.3. The molecule has 0 spiro atoms. The second-order valence-corrected chi connectivity index (χ2v) is 6.69. The second kappa shape index (κ2) is 8.39. The number of alkyl halides is 3. The smallest absolute Gasteiger partial charge is 0.294 e. The van der Waals surface area contributed by atoms with E-state index in [-0.39, 0.29) is 31.0 Å². The van der Waals surface area contributed by atoms with Gasteiger partial charge in [-0.15, -0.1) is 25.6 Å². The molecule has 2 aromatic rings. The number of carbonyl (C=O) groups excluding carboxylic acids is 1. The van der Waals surface area contributed by atoms with Crippen molar-refractivity contribution >= 4 is 29.1 Å². The number of aryl methyl sites for hydroxylation is 1. The van der Waals surface area contributed by atoms with Gasteiger partial charge < -0.3 is 0 Å². The molecule has 1 saturated carbocycles. The predicted octanol–water partition coefficient (Wildman–Crippen LogP) is 5.07. The van der Waals surface area contributed by atoms with Crippen LogP contribution in [0, 0.1) is 12.8 Å². The van der Waals surface area contributed by atoms with Crippen LogP contribution in [0.5, 0.6) is 0 Å². The molecule has 8 heteroatoms. The second-order valence-electron chi connectivity index (χ2n) is 6.69. The highest BCUT2D eigenvalue weighted by molar-refractivity contribution is 6.00. The lowest BCUT2D eigenvalue weighted by Gasteiger charge is -2.24. The molecule has 1 aliphatic carbocycles. The van der Waals surface area contributed by atoms with Gasteiger partial charge in [0.1, 0.15) is 0 Å². The largest absolute Gasteiger partial charge is 0.522 e. The molecule has 0 saturated heterocycles. The Bertz CT molecular complexity index is 770. The summed E-state index contributed by atoms with van der Waals surface area (Å²) in [6, 6.07) is 3.66. The molecule has 0 unspecified atom stereocenters. The lowest BCUT2D eigenvalue weighted by molar-refractivity contribution is -0.324. The van der Waals surface area contributed by atoms with Crippen molar-refractivity contribution in [2.24, 2.45) is 5.92 Å². The van der Waals surface area contributed by atoms with Crippen molar-refractivity contribution in [1.82, 2.24) is 9.78 Å². The number of aromatic nitrogens is 2. The number of carbonyl (C=O) groups is 1. The van der Waals surface area contributed by atoms with E-state index in [0.717, 1.165) is 23.0 Å². The van der Waals surface area contributed by atoms with Gasteiger partial charge in [-0.3, -0.25) is 14.2 Å². The monoisotopic (exact) mass is 390 g/mol. The Hall–Kier alpha value is -1.60. The van der Waals surface area contributed by atoms with Crippen LogP contribution in [0.2, 0.25) is 0 Å². The summed E-state index contributed by atoms with van der Waals surface area (Å²) in [7, 11) is 0. The molecule has 0 N–H and O–H groups in total. The fourth-order valence-electron chi connectivity index (χ4n) is 3.12. The first-order valence-electron chi connectivity index (χ1n) is 8.53. The van der Waals surface area contributed by atoms with E-state index in [4.69, 9.17) is 0 Å². The first-order valence-corrected chi connectivity index (χ1v) is 8.53. The molecule has 1 heterocycles. The van der Waals surface area contributed by atoms with Crippen molar-refractivity contribution in [1.29, 1.82) is 0 Å². The number of nitrogens with zero attached hydrogens (tertiary/aromatic N) is 2. The number of fused-ring (bicyclic) bond motifs is 1. The Morgan fingerprint density at radius 2 is 2.08 bits per heavy atom. The zero-order valence-electron chi connectivity index (χ0n) is 14.5. The van der Waals surface area contributed by atoms with Gasteiger partial charge in [0.15, 0.2) is 5.78 Å². The lowest BCUT2D eigenvalue weighted by atomic mass is 9.85. The van der Waals surface area contributed by atoms with Crippen molar-refractivity contribution in [3.05, 3.63) is 29.5 Å². The minimum atomic E-state index is -4.65. The number of hydrogen-bond acceptors (Lipinski definition) is 3. The molecule has 0 bridgehead atoms. The molecule has 0 aliphatic heterocycles. The number of ether oxygens (including phenoxy) is 1. The van der Waals surface area contributed by atoms with Crippen molar-refractivity contribution in [3.63, 3.8) is 0 Å². The third kappa shape index (κ3) is 5.20. The minimum absolute atomic E-state index is 0. The van der Waals surface area contributed by atoms with Gasteiger partial charge in [0.05, 0.1) is 12.1 Å². The van der Waals surface area contributed by atoms with Crippen molar-refractivity contribution < 1.29 is 22.7 Å². The van der Waals surface area contributed by atoms with E-state index in [1.165, 1.54) is 19.3 Å². The molecule has 3 rings (SSSR count). The highest BCUT2D eigenvalue weighted by Gasteiger charge is 2.28. The number of halogens is 4. The van der Waals surface area contributed by atoms with Crippen LogP contribution in [-0.4, -0.2) is 28.5 Å². The molecule has 1 aromatic heterocycles. The van der Waals surface area contributed by atoms with Crippen LogP contribution in [0.4, 0.5) is 13.2 Å². The highest BCUT2D eigenvalue weighted by Crippen LogP contribution is 2.28. The number of rotatable bonds is 7. The zero-order chi connectivity index (χ0) is 18.0. The summed E-state index contributed by atoms with van der Waals surface area (Å²) in [5.41, 5.74) is 2.18. The maximum Gasteiger partial charge on any atom is 0.522 e. The van der Waals surface area contributed by atoms with Gasteiger partial charge in [0.2, 0.25) is 0 Å². The molecule has 1 aliphatic rings. The lowest BCUT2D eigenvalue weighted by Crippen LogP contribution is -2.18. The fourth-order valence-corrected chi connectivity index (χ4v) is 3.12. The zero-order valence-corrected chi connectivity index (χ0v) is 15.3. The Kier molecular flexibility index (Phi) is 6.69. The average molecular weight is 391 g/mol. The quantitative estimate of drug-likeness (QED) is 0.490. The third-order valence-corrected chi connectivity index (χ3v) is 4.68. The van der Waals surface area contributed by atoms with Gasteiger partial charge in [0.25, 0.3) is 0 Å². The summed E-state index contributed by atoms with van der Waals surface area (Å²) in [5.74, 6) is 0.516. The van der Waals surface area contributed by atoms with E-state index < -0.39 is 13.0 Å². The van der Waals surface area contributed by atoms with E-state index >= 15 is 0 Å². The van der Waals surface area contributed by atoms with Gasteiger partial charge in [-0.05, 0) is 49.8 Å². The molecular weight excluding hydrogens is 369 g/mol. The number of ketones is 1. The third-order valence-electron chi connectivity index (χ3n) is 4.68. The fraction of sp³-hybridized carbons (Fsp3) is 0.556. The highest BCUT2D eigenvalue weighted by atomic mass is 35.5. The van der Waals surface area contributed by atoms with E-state index in [1.807, 2.05) is 23.9 Å². The average Bonchev–Trinajstić information content (AvgIpc) is 2.87. The van der Waals surface area contributed by atoms with Crippen molar-refractivity contribution in [3.8, 4) is 0 Å². The maximum absolute atomic E-state index is 12.3. The SMILES string of the molecule is Cc1cc2nn(CC3CCC3)cc2cc1C(=O)CCCOC(F)(F)F.Cl. The number of Topliss-reactive ketones (excluding diaryl/α,β-unsaturated/α-hetero) is 1. The van der Waals surface area contributed by atoms with Crippen LogP contribution in [0.1, 0.15) is 48.0 Å². The Morgan fingerprint density at radius 3 is 2.69 bits per heavy atom. The van der Waals surface area contributed by atoms with Crippen LogP contribution < -0.4 is 0 Å². The van der Waals surface area contributed by atoms with E-state index in [1.54, 1.807) is 6.07 Å². The van der Waals surface area contributed by atoms with Gasteiger partial charge in [-0.25, -0.2) is 0 Å². The molecule has 0 radical (unpaired) electrons. The van der Waals surface area contributed by atoms with Crippen LogP contribution in [0.3, 0.4) is 0 Å².